The first-order valence-corrected chi connectivity index (χ1v) is 4.48. The van der Waals surface area contributed by atoms with Crippen LogP contribution in [0.3, 0.4) is 0 Å². The van der Waals surface area contributed by atoms with Crippen molar-refractivity contribution in [3.8, 4) is 0 Å². The molecule has 0 aliphatic carbocycles. The number of rotatable bonds is 3. The van der Waals surface area contributed by atoms with Gasteiger partial charge in [0.2, 0.25) is 0 Å². The van der Waals surface area contributed by atoms with Crippen LogP contribution in [0.1, 0.15) is 11.3 Å². The summed E-state index contributed by atoms with van der Waals surface area (Å²) in [6, 6.07) is 2.12. The van der Waals surface area contributed by atoms with Crippen LogP contribution < -0.4 is 0 Å². The highest BCUT2D eigenvalue weighted by Gasteiger charge is 2.31. The van der Waals surface area contributed by atoms with E-state index in [1.54, 1.807) is 0 Å². The van der Waals surface area contributed by atoms with Crippen molar-refractivity contribution in [3.63, 3.8) is 0 Å². The summed E-state index contributed by atoms with van der Waals surface area (Å²) in [5.41, 5.74) is -0.460. The Balaban J connectivity index is 2.77. The van der Waals surface area contributed by atoms with Crippen molar-refractivity contribution < 1.29 is 18.0 Å². The number of hydrogen-bond donors (Lipinski definition) is 0. The number of halogens is 4. The lowest BCUT2D eigenvalue weighted by Gasteiger charge is -2.06. The molecule has 0 aliphatic rings. The molecule has 0 bridgehead atoms. The van der Waals surface area contributed by atoms with Gasteiger partial charge < -0.3 is 4.79 Å². The molecule has 0 radical (unpaired) electrons. The maximum absolute atomic E-state index is 12.1. The van der Waals surface area contributed by atoms with Crippen molar-refractivity contribution in [1.29, 1.82) is 0 Å². The zero-order valence-corrected chi connectivity index (χ0v) is 8.22. The van der Waals surface area contributed by atoms with Crippen LogP contribution in [0.4, 0.5) is 13.2 Å². The largest absolute Gasteiger partial charge is 0.433 e. The van der Waals surface area contributed by atoms with Gasteiger partial charge in [-0.05, 0) is 18.1 Å². The first-order valence-electron chi connectivity index (χ1n) is 4.05. The molecule has 0 spiro atoms. The zero-order chi connectivity index (χ0) is 11.5. The second-order valence-electron chi connectivity index (χ2n) is 2.91. The fourth-order valence-corrected chi connectivity index (χ4v) is 1.16. The zero-order valence-electron chi connectivity index (χ0n) is 7.46. The van der Waals surface area contributed by atoms with Crippen LogP contribution in [-0.2, 0) is 17.4 Å². The van der Waals surface area contributed by atoms with Gasteiger partial charge in [0, 0.05) is 6.20 Å². The summed E-state index contributed by atoms with van der Waals surface area (Å²) in [5.74, 6) is 0. The standard InChI is InChI=1S/C9H7ClF3NO/c10-7(5-15)3-6-1-2-8(14-4-6)9(11,12)13/h1-2,4-5,7H,3H2. The van der Waals surface area contributed by atoms with Crippen molar-refractivity contribution in [1.82, 2.24) is 4.98 Å². The van der Waals surface area contributed by atoms with Crippen LogP contribution >= 0.6 is 11.6 Å². The summed E-state index contributed by atoms with van der Waals surface area (Å²) in [4.78, 5) is 13.4. The highest BCUT2D eigenvalue weighted by molar-refractivity contribution is 6.27. The predicted molar refractivity (Wildman–Crippen MR) is 48.6 cm³/mol. The van der Waals surface area contributed by atoms with E-state index in [9.17, 15) is 18.0 Å². The average molecular weight is 238 g/mol. The number of alkyl halides is 4. The Morgan fingerprint density at radius 3 is 2.53 bits per heavy atom. The minimum atomic E-state index is -4.44. The average Bonchev–Trinajstić information content (AvgIpc) is 2.17. The minimum absolute atomic E-state index is 0.177. The highest BCUT2D eigenvalue weighted by Crippen LogP contribution is 2.27. The van der Waals surface area contributed by atoms with Crippen LogP contribution in [-0.4, -0.2) is 16.6 Å². The Morgan fingerprint density at radius 1 is 1.47 bits per heavy atom. The predicted octanol–water partition coefficient (Wildman–Crippen LogP) is 2.45. The first-order chi connectivity index (χ1) is 6.93. The van der Waals surface area contributed by atoms with Gasteiger partial charge in [-0.1, -0.05) is 6.07 Å². The smallest absolute Gasteiger partial charge is 0.302 e. The van der Waals surface area contributed by atoms with Crippen LogP contribution in [0.5, 0.6) is 0 Å². The number of hydrogen-bond acceptors (Lipinski definition) is 2. The van der Waals surface area contributed by atoms with Gasteiger partial charge in [0.05, 0.1) is 5.38 Å². The normalized spacial score (nSPS) is 13.6. The molecular formula is C9H7ClF3NO. The molecule has 82 valence electrons. The van der Waals surface area contributed by atoms with Gasteiger partial charge in [-0.2, -0.15) is 13.2 Å². The molecule has 6 heteroatoms. The summed E-state index contributed by atoms with van der Waals surface area (Å²) < 4.78 is 36.3. The Bertz CT molecular complexity index is 336. The lowest BCUT2D eigenvalue weighted by atomic mass is 10.1. The number of nitrogens with zero attached hydrogens (tertiary/aromatic N) is 1. The third kappa shape index (κ3) is 3.51. The van der Waals surface area contributed by atoms with Gasteiger partial charge in [0.25, 0.3) is 0 Å². The number of aldehydes is 1. The maximum Gasteiger partial charge on any atom is 0.433 e. The molecule has 1 rings (SSSR count). The topological polar surface area (TPSA) is 30.0 Å². The fraction of sp³-hybridized carbons (Fsp3) is 0.333. The Hall–Kier alpha value is -1.10. The molecule has 1 heterocycles. The van der Waals surface area contributed by atoms with Crippen molar-refractivity contribution >= 4 is 17.9 Å². The highest BCUT2D eigenvalue weighted by atomic mass is 35.5. The van der Waals surface area contributed by atoms with E-state index in [-0.39, 0.29) is 6.42 Å². The van der Waals surface area contributed by atoms with Gasteiger partial charge in [0.1, 0.15) is 12.0 Å². The van der Waals surface area contributed by atoms with Crippen LogP contribution in [0.2, 0.25) is 0 Å². The van der Waals surface area contributed by atoms with E-state index in [0.717, 1.165) is 12.3 Å². The fourth-order valence-electron chi connectivity index (χ4n) is 0.986. The Morgan fingerprint density at radius 2 is 2.13 bits per heavy atom. The number of pyridine rings is 1. The molecule has 0 fully saturated rings. The van der Waals surface area contributed by atoms with Crippen molar-refractivity contribution in [3.05, 3.63) is 29.6 Å². The van der Waals surface area contributed by atoms with Crippen LogP contribution in [0.25, 0.3) is 0 Å². The van der Waals surface area contributed by atoms with E-state index < -0.39 is 17.2 Å². The monoisotopic (exact) mass is 237 g/mol. The van der Waals surface area contributed by atoms with Crippen molar-refractivity contribution in [2.75, 3.05) is 0 Å². The maximum atomic E-state index is 12.1. The van der Waals surface area contributed by atoms with Crippen molar-refractivity contribution in [2.45, 2.75) is 18.0 Å². The number of aromatic nitrogens is 1. The van der Waals surface area contributed by atoms with Crippen LogP contribution in [0.15, 0.2) is 18.3 Å². The van der Waals surface area contributed by atoms with Gasteiger partial charge in [-0.3, -0.25) is 4.98 Å². The summed E-state index contributed by atoms with van der Waals surface area (Å²) in [5, 5.41) is -0.733. The molecule has 0 saturated heterocycles. The Labute approximate surface area is 89.1 Å². The van der Waals surface area contributed by atoms with Gasteiger partial charge >= 0.3 is 6.18 Å². The van der Waals surface area contributed by atoms with E-state index >= 15 is 0 Å². The second kappa shape index (κ2) is 4.61. The molecule has 0 aromatic carbocycles. The molecule has 1 aromatic rings. The quantitative estimate of drug-likeness (QED) is 0.597. The molecule has 15 heavy (non-hydrogen) atoms. The van der Waals surface area contributed by atoms with E-state index in [1.165, 1.54) is 6.07 Å². The van der Waals surface area contributed by atoms with Gasteiger partial charge in [0.15, 0.2) is 0 Å². The minimum Gasteiger partial charge on any atom is -0.302 e. The summed E-state index contributed by atoms with van der Waals surface area (Å²) in [6.45, 7) is 0. The third-order valence-corrected chi connectivity index (χ3v) is 1.95. The molecule has 0 N–H and O–H groups in total. The lowest BCUT2D eigenvalue weighted by molar-refractivity contribution is -0.141. The third-order valence-electron chi connectivity index (χ3n) is 1.69. The molecule has 0 saturated carbocycles. The SMILES string of the molecule is O=CC(Cl)Cc1ccc(C(F)(F)F)nc1. The van der Waals surface area contributed by atoms with Crippen molar-refractivity contribution in [2.24, 2.45) is 0 Å². The van der Waals surface area contributed by atoms with E-state index in [2.05, 4.69) is 4.98 Å². The summed E-state index contributed by atoms with van der Waals surface area (Å²) >= 11 is 5.51. The molecule has 1 unspecified atom stereocenters. The van der Waals surface area contributed by atoms with Crippen LogP contribution in [0, 0.1) is 0 Å². The molecule has 1 aromatic heterocycles. The Kier molecular flexibility index (Phi) is 3.68. The molecule has 0 aliphatic heterocycles. The van der Waals surface area contributed by atoms with E-state index in [4.69, 9.17) is 11.6 Å². The molecule has 2 nitrogen and oxygen atoms in total. The van der Waals surface area contributed by atoms with Gasteiger partial charge in [-0.25, -0.2) is 0 Å². The molecular weight excluding hydrogens is 231 g/mol. The number of carbonyl (C=O) groups excluding carboxylic acids is 1. The van der Waals surface area contributed by atoms with E-state index in [0.29, 0.717) is 11.8 Å². The first kappa shape index (κ1) is 12.0. The molecule has 0 amide bonds. The van der Waals surface area contributed by atoms with E-state index in [1.807, 2.05) is 0 Å². The van der Waals surface area contributed by atoms with Gasteiger partial charge in [-0.15, -0.1) is 11.6 Å². The number of carbonyl (C=O) groups is 1. The summed E-state index contributed by atoms with van der Waals surface area (Å²) in [6.07, 6.45) is -2.67. The molecule has 1 atom stereocenters. The summed E-state index contributed by atoms with van der Waals surface area (Å²) in [7, 11) is 0. The second-order valence-corrected chi connectivity index (χ2v) is 3.47. The lowest BCUT2D eigenvalue weighted by Crippen LogP contribution is -2.09.